The van der Waals surface area contributed by atoms with E-state index in [0.29, 0.717) is 12.3 Å². The minimum absolute atomic E-state index is 0.0192. The summed E-state index contributed by atoms with van der Waals surface area (Å²) >= 11 is 0. The second-order valence-corrected chi connectivity index (χ2v) is 7.10. The quantitative estimate of drug-likeness (QED) is 0.806. The second kappa shape index (κ2) is 5.93. The van der Waals surface area contributed by atoms with Crippen LogP contribution in [0.5, 0.6) is 0 Å². The number of hydrogen-bond donors (Lipinski definition) is 2. The van der Waals surface area contributed by atoms with Gasteiger partial charge in [0.1, 0.15) is 0 Å². The molecule has 0 aromatic rings. The molecule has 2 N–H and O–H groups in total. The van der Waals surface area contributed by atoms with Crippen LogP contribution in [0.25, 0.3) is 0 Å². The summed E-state index contributed by atoms with van der Waals surface area (Å²) in [6.07, 6.45) is 5.23. The number of amides is 1. The largest absolute Gasteiger partial charge is 0.481 e. The molecule has 0 saturated heterocycles. The molecule has 0 heterocycles. The molecule has 1 amide bonds. The van der Waals surface area contributed by atoms with E-state index in [9.17, 15) is 9.59 Å². The predicted octanol–water partition coefficient (Wildman–Crippen LogP) is 2.82. The van der Waals surface area contributed by atoms with Crippen LogP contribution >= 0.6 is 0 Å². The summed E-state index contributed by atoms with van der Waals surface area (Å²) in [5, 5.41) is 11.8. The first-order chi connectivity index (χ1) is 8.65. The van der Waals surface area contributed by atoms with Crippen LogP contribution in [0.4, 0.5) is 0 Å². The fraction of sp³-hybridized carbons (Fsp3) is 0.867. The third kappa shape index (κ3) is 4.51. The number of carbonyl (C=O) groups is 2. The van der Waals surface area contributed by atoms with Gasteiger partial charge in [0.25, 0.3) is 0 Å². The fourth-order valence-corrected chi connectivity index (χ4v) is 2.64. The molecule has 4 nitrogen and oxygen atoms in total. The number of carboxylic acid groups (broad SMARTS) is 1. The van der Waals surface area contributed by atoms with Gasteiger partial charge in [-0.2, -0.15) is 0 Å². The number of hydrogen-bond acceptors (Lipinski definition) is 2. The lowest BCUT2D eigenvalue weighted by Gasteiger charge is -2.38. The van der Waals surface area contributed by atoms with Gasteiger partial charge in [-0.15, -0.1) is 0 Å². The zero-order valence-electron chi connectivity index (χ0n) is 12.6. The summed E-state index contributed by atoms with van der Waals surface area (Å²) in [6.45, 7) is 7.89. The zero-order chi connectivity index (χ0) is 14.7. The molecule has 4 heteroatoms. The molecule has 0 radical (unpaired) electrons. The first kappa shape index (κ1) is 16.0. The predicted molar refractivity (Wildman–Crippen MR) is 74.8 cm³/mol. The highest BCUT2D eigenvalue weighted by Crippen LogP contribution is 2.42. The summed E-state index contributed by atoms with van der Waals surface area (Å²) in [5.74, 6) is -0.491. The minimum atomic E-state index is -0.905. The van der Waals surface area contributed by atoms with Gasteiger partial charge in [0.05, 0.1) is 5.41 Å². The first-order valence-corrected chi connectivity index (χ1v) is 7.15. The van der Waals surface area contributed by atoms with Crippen molar-refractivity contribution >= 4 is 11.9 Å². The summed E-state index contributed by atoms with van der Waals surface area (Å²) in [6, 6.07) is 0. The molecule has 1 rings (SSSR count). The zero-order valence-corrected chi connectivity index (χ0v) is 12.6. The highest BCUT2D eigenvalue weighted by Gasteiger charge is 2.34. The summed E-state index contributed by atoms with van der Waals surface area (Å²) in [4.78, 5) is 22.9. The van der Waals surface area contributed by atoms with Crippen molar-refractivity contribution in [2.24, 2.45) is 16.7 Å². The average Bonchev–Trinajstić information content (AvgIpc) is 2.29. The molecule has 0 spiro atoms. The van der Waals surface area contributed by atoms with Gasteiger partial charge in [0.15, 0.2) is 0 Å². The smallest absolute Gasteiger partial charge is 0.310 e. The standard InChI is InChI=1S/C15H27NO3/c1-14(2)8-6-5-7-11(14)9-12(17)16-10-15(3,4)13(18)19/h11H,5-10H2,1-4H3,(H,16,17)(H,18,19). The van der Waals surface area contributed by atoms with Crippen molar-refractivity contribution < 1.29 is 14.7 Å². The maximum atomic E-state index is 12.0. The molecule has 1 fully saturated rings. The Labute approximate surface area is 116 Å². The summed E-state index contributed by atoms with van der Waals surface area (Å²) < 4.78 is 0. The Morgan fingerprint density at radius 1 is 1.32 bits per heavy atom. The van der Waals surface area contributed by atoms with E-state index in [1.165, 1.54) is 19.3 Å². The highest BCUT2D eigenvalue weighted by atomic mass is 16.4. The molecule has 1 atom stereocenters. The lowest BCUT2D eigenvalue weighted by molar-refractivity contribution is -0.146. The maximum absolute atomic E-state index is 12.0. The number of carbonyl (C=O) groups excluding carboxylic acids is 1. The van der Waals surface area contributed by atoms with E-state index in [4.69, 9.17) is 5.11 Å². The Morgan fingerprint density at radius 2 is 1.95 bits per heavy atom. The lowest BCUT2D eigenvalue weighted by atomic mass is 9.67. The van der Waals surface area contributed by atoms with Crippen LogP contribution in [0.1, 0.15) is 59.8 Å². The van der Waals surface area contributed by atoms with Crippen molar-refractivity contribution in [1.82, 2.24) is 5.32 Å². The van der Waals surface area contributed by atoms with Gasteiger partial charge < -0.3 is 10.4 Å². The van der Waals surface area contributed by atoms with E-state index < -0.39 is 11.4 Å². The third-order valence-electron chi connectivity index (χ3n) is 4.47. The monoisotopic (exact) mass is 269 g/mol. The molecule has 1 aliphatic rings. The Balaban J connectivity index is 2.45. The van der Waals surface area contributed by atoms with E-state index in [2.05, 4.69) is 19.2 Å². The molecule has 1 aliphatic carbocycles. The number of aliphatic carboxylic acids is 1. The molecular weight excluding hydrogens is 242 g/mol. The van der Waals surface area contributed by atoms with Gasteiger partial charge in [-0.25, -0.2) is 0 Å². The van der Waals surface area contributed by atoms with E-state index in [1.807, 2.05) is 0 Å². The summed E-state index contributed by atoms with van der Waals surface area (Å²) in [7, 11) is 0. The van der Waals surface area contributed by atoms with Crippen molar-refractivity contribution in [2.45, 2.75) is 59.8 Å². The number of nitrogens with one attached hydrogen (secondary N) is 1. The fourth-order valence-electron chi connectivity index (χ4n) is 2.64. The van der Waals surface area contributed by atoms with Crippen LogP contribution in [-0.4, -0.2) is 23.5 Å². The molecule has 19 heavy (non-hydrogen) atoms. The number of carboxylic acids is 1. The van der Waals surface area contributed by atoms with Gasteiger partial charge in [-0.3, -0.25) is 9.59 Å². The van der Waals surface area contributed by atoms with Crippen LogP contribution < -0.4 is 5.32 Å². The van der Waals surface area contributed by atoms with Gasteiger partial charge in [0, 0.05) is 13.0 Å². The molecule has 0 aromatic heterocycles. The van der Waals surface area contributed by atoms with Crippen LogP contribution in [-0.2, 0) is 9.59 Å². The Kier molecular flexibility index (Phi) is 4.99. The molecule has 1 saturated carbocycles. The molecule has 0 bridgehead atoms. The molecular formula is C15H27NO3. The van der Waals surface area contributed by atoms with Crippen molar-refractivity contribution in [1.29, 1.82) is 0 Å². The van der Waals surface area contributed by atoms with Crippen LogP contribution in [0.15, 0.2) is 0 Å². The number of rotatable bonds is 5. The normalized spacial score (nSPS) is 22.8. The lowest BCUT2D eigenvalue weighted by Crippen LogP contribution is -2.40. The second-order valence-electron chi connectivity index (χ2n) is 7.10. The van der Waals surface area contributed by atoms with Crippen molar-refractivity contribution in [3.05, 3.63) is 0 Å². The van der Waals surface area contributed by atoms with Gasteiger partial charge in [-0.05, 0) is 38.0 Å². The minimum Gasteiger partial charge on any atom is -0.481 e. The van der Waals surface area contributed by atoms with E-state index in [-0.39, 0.29) is 17.9 Å². The molecule has 1 unspecified atom stereocenters. The van der Waals surface area contributed by atoms with E-state index in [0.717, 1.165) is 6.42 Å². The molecule has 110 valence electrons. The average molecular weight is 269 g/mol. The summed E-state index contributed by atoms with van der Waals surface area (Å²) in [5.41, 5.74) is -0.685. The first-order valence-electron chi connectivity index (χ1n) is 7.15. The van der Waals surface area contributed by atoms with Gasteiger partial charge in [0.2, 0.25) is 5.91 Å². The topological polar surface area (TPSA) is 66.4 Å². The van der Waals surface area contributed by atoms with Crippen LogP contribution in [0.3, 0.4) is 0 Å². The third-order valence-corrected chi connectivity index (χ3v) is 4.47. The Morgan fingerprint density at radius 3 is 2.47 bits per heavy atom. The van der Waals surface area contributed by atoms with Gasteiger partial charge in [-0.1, -0.05) is 26.7 Å². The SMILES string of the molecule is CC(C)(CNC(=O)CC1CCCCC1(C)C)C(=O)O. The van der Waals surface area contributed by atoms with E-state index >= 15 is 0 Å². The van der Waals surface area contributed by atoms with Crippen molar-refractivity contribution in [3.63, 3.8) is 0 Å². The molecule has 0 aliphatic heterocycles. The van der Waals surface area contributed by atoms with Crippen LogP contribution in [0, 0.1) is 16.7 Å². The van der Waals surface area contributed by atoms with Crippen molar-refractivity contribution in [2.75, 3.05) is 6.54 Å². The van der Waals surface area contributed by atoms with Crippen molar-refractivity contribution in [3.8, 4) is 0 Å². The Bertz CT molecular complexity index is 347. The molecule has 0 aromatic carbocycles. The maximum Gasteiger partial charge on any atom is 0.310 e. The van der Waals surface area contributed by atoms with Crippen LogP contribution in [0.2, 0.25) is 0 Å². The highest BCUT2D eigenvalue weighted by molar-refractivity contribution is 5.78. The van der Waals surface area contributed by atoms with Gasteiger partial charge >= 0.3 is 5.97 Å². The Hall–Kier alpha value is -1.06. The van der Waals surface area contributed by atoms with E-state index in [1.54, 1.807) is 13.8 Å².